The van der Waals surface area contributed by atoms with Crippen LogP contribution in [0.3, 0.4) is 0 Å². The average molecular weight is 905 g/mol. The molecule has 0 radical (unpaired) electrons. The van der Waals surface area contributed by atoms with E-state index >= 15 is 0 Å². The lowest BCUT2D eigenvalue weighted by Crippen LogP contribution is -2.45. The monoisotopic (exact) mass is 904 g/mol. The first-order valence-corrected chi connectivity index (χ1v) is 28.9. The summed E-state index contributed by atoms with van der Waals surface area (Å²) in [5.41, 5.74) is 0. The van der Waals surface area contributed by atoms with Gasteiger partial charge in [-0.15, -0.1) is 0 Å². The number of aliphatic hydroxyl groups excluding tert-OH is 2. The van der Waals surface area contributed by atoms with Gasteiger partial charge in [-0.25, -0.2) is 0 Å². The molecule has 0 aromatic carbocycles. The van der Waals surface area contributed by atoms with Gasteiger partial charge in [-0.2, -0.15) is 0 Å². The Labute approximate surface area is 399 Å². The van der Waals surface area contributed by atoms with E-state index in [0.717, 1.165) is 44.9 Å². The van der Waals surface area contributed by atoms with Crippen LogP contribution in [0, 0.1) is 0 Å². The molecule has 3 N–H and O–H groups in total. The summed E-state index contributed by atoms with van der Waals surface area (Å²) >= 11 is 0. The molecule has 2 atom stereocenters. The minimum Gasteiger partial charge on any atom is -0.466 e. The number of carbonyl (C=O) groups is 2. The fourth-order valence-corrected chi connectivity index (χ4v) is 9.11. The van der Waals surface area contributed by atoms with E-state index in [4.69, 9.17) is 4.74 Å². The minimum atomic E-state index is -0.669. The Morgan fingerprint density at radius 3 is 1.14 bits per heavy atom. The van der Waals surface area contributed by atoms with Crippen molar-refractivity contribution >= 4 is 11.9 Å². The van der Waals surface area contributed by atoms with Crippen LogP contribution < -0.4 is 5.32 Å². The van der Waals surface area contributed by atoms with Gasteiger partial charge in [0.2, 0.25) is 5.91 Å². The van der Waals surface area contributed by atoms with E-state index in [1.807, 2.05) is 0 Å². The number of allylic oxidation sites excluding steroid dienone is 2. The van der Waals surface area contributed by atoms with Crippen LogP contribution in [0.25, 0.3) is 0 Å². The number of ether oxygens (including phenoxy) is 1. The van der Waals surface area contributed by atoms with Gasteiger partial charge in [-0.3, -0.25) is 9.59 Å². The van der Waals surface area contributed by atoms with Crippen molar-refractivity contribution in [3.8, 4) is 0 Å². The summed E-state index contributed by atoms with van der Waals surface area (Å²) in [7, 11) is 0. The zero-order chi connectivity index (χ0) is 46.5. The van der Waals surface area contributed by atoms with E-state index in [1.54, 1.807) is 0 Å². The van der Waals surface area contributed by atoms with Gasteiger partial charge in [0, 0.05) is 12.8 Å². The molecular weight excluding hydrogens is 791 g/mol. The molecule has 0 saturated heterocycles. The van der Waals surface area contributed by atoms with Crippen molar-refractivity contribution in [3.63, 3.8) is 0 Å². The normalized spacial score (nSPS) is 12.6. The van der Waals surface area contributed by atoms with Crippen molar-refractivity contribution in [2.45, 2.75) is 334 Å². The standard InChI is InChI=1S/C58H113NO5/c1-3-5-7-9-11-13-15-17-18-19-20-21-24-27-30-34-38-42-46-50-56(61)55(54-60)59-57(62)51-47-43-39-35-31-28-25-22-23-26-29-33-37-41-45-49-53-64-58(63)52-48-44-40-36-32-16-14-12-10-8-6-4-2/h12,14,55-56,60-61H,3-11,13,15-54H2,1-2H3,(H,59,62)/b14-12-. The summed E-state index contributed by atoms with van der Waals surface area (Å²) in [4.78, 5) is 24.5. The Bertz CT molecular complexity index is 955. The third kappa shape index (κ3) is 50.0. The highest BCUT2D eigenvalue weighted by Gasteiger charge is 2.20. The van der Waals surface area contributed by atoms with Crippen LogP contribution in [-0.2, 0) is 14.3 Å². The zero-order valence-electron chi connectivity index (χ0n) is 43.3. The van der Waals surface area contributed by atoms with E-state index in [0.29, 0.717) is 25.9 Å². The molecule has 0 saturated carbocycles. The fourth-order valence-electron chi connectivity index (χ4n) is 9.11. The highest BCUT2D eigenvalue weighted by Crippen LogP contribution is 2.18. The molecule has 64 heavy (non-hydrogen) atoms. The summed E-state index contributed by atoms with van der Waals surface area (Å²) in [5.74, 6) is -0.0452. The second-order valence-corrected chi connectivity index (χ2v) is 20.0. The van der Waals surface area contributed by atoms with Crippen molar-refractivity contribution in [1.82, 2.24) is 5.32 Å². The Hall–Kier alpha value is -1.40. The Balaban J connectivity index is 3.43. The molecule has 0 spiro atoms. The number of hydrogen-bond donors (Lipinski definition) is 3. The minimum absolute atomic E-state index is 0.00618. The van der Waals surface area contributed by atoms with Crippen molar-refractivity contribution in [2.75, 3.05) is 13.2 Å². The highest BCUT2D eigenvalue weighted by molar-refractivity contribution is 5.76. The molecule has 0 heterocycles. The van der Waals surface area contributed by atoms with Gasteiger partial charge < -0.3 is 20.3 Å². The maximum atomic E-state index is 12.5. The molecule has 0 aliphatic heterocycles. The summed E-state index contributed by atoms with van der Waals surface area (Å²) < 4.78 is 5.46. The SMILES string of the molecule is CCCCC/C=C\CCCCCCCC(=O)OCCCCCCCCCCCCCCCCCCC(=O)NC(CO)C(O)CCCCCCCCCCCCCCCCCCCCC. The zero-order valence-corrected chi connectivity index (χ0v) is 43.3. The molecule has 1 amide bonds. The smallest absolute Gasteiger partial charge is 0.305 e. The summed E-state index contributed by atoms with van der Waals surface area (Å²) in [6.07, 6.45) is 63.4. The molecule has 380 valence electrons. The number of rotatable bonds is 54. The number of amides is 1. The van der Waals surface area contributed by atoms with E-state index < -0.39 is 12.1 Å². The molecule has 0 aliphatic rings. The topological polar surface area (TPSA) is 95.9 Å². The fraction of sp³-hybridized carbons (Fsp3) is 0.931. The predicted octanol–water partition coefficient (Wildman–Crippen LogP) is 17.7. The molecule has 6 heteroatoms. The average Bonchev–Trinajstić information content (AvgIpc) is 3.29. The third-order valence-corrected chi connectivity index (χ3v) is 13.6. The van der Waals surface area contributed by atoms with E-state index in [-0.39, 0.29) is 18.5 Å². The maximum Gasteiger partial charge on any atom is 0.305 e. The first-order chi connectivity index (χ1) is 31.5. The number of nitrogens with one attached hydrogen (secondary N) is 1. The van der Waals surface area contributed by atoms with Gasteiger partial charge in [0.25, 0.3) is 0 Å². The molecule has 0 aliphatic carbocycles. The molecule has 0 fully saturated rings. The van der Waals surface area contributed by atoms with Crippen LogP contribution in [-0.4, -0.2) is 47.4 Å². The van der Waals surface area contributed by atoms with Crippen LogP contribution >= 0.6 is 0 Å². The highest BCUT2D eigenvalue weighted by atomic mass is 16.5. The summed E-state index contributed by atoms with van der Waals surface area (Å²) in [6, 6.07) is -0.546. The van der Waals surface area contributed by atoms with Crippen molar-refractivity contribution in [3.05, 3.63) is 12.2 Å². The van der Waals surface area contributed by atoms with E-state index in [1.165, 1.54) is 244 Å². The largest absolute Gasteiger partial charge is 0.466 e. The number of carbonyl (C=O) groups excluding carboxylic acids is 2. The second kappa shape index (κ2) is 54.2. The van der Waals surface area contributed by atoms with Crippen LogP contribution in [0.2, 0.25) is 0 Å². The van der Waals surface area contributed by atoms with Crippen LogP contribution in [0.5, 0.6) is 0 Å². The first-order valence-electron chi connectivity index (χ1n) is 28.9. The van der Waals surface area contributed by atoms with Gasteiger partial charge in [-0.05, 0) is 51.4 Å². The molecule has 0 rings (SSSR count). The van der Waals surface area contributed by atoms with Gasteiger partial charge in [0.1, 0.15) is 0 Å². The number of unbranched alkanes of at least 4 members (excludes halogenated alkanes) is 41. The summed E-state index contributed by atoms with van der Waals surface area (Å²) in [5, 5.41) is 23.3. The van der Waals surface area contributed by atoms with Gasteiger partial charge >= 0.3 is 5.97 Å². The second-order valence-electron chi connectivity index (χ2n) is 20.0. The van der Waals surface area contributed by atoms with Gasteiger partial charge in [0.15, 0.2) is 0 Å². The van der Waals surface area contributed by atoms with Gasteiger partial charge in [-0.1, -0.05) is 270 Å². The Morgan fingerprint density at radius 1 is 0.422 bits per heavy atom. The molecular formula is C58H113NO5. The van der Waals surface area contributed by atoms with Crippen LogP contribution in [0.1, 0.15) is 322 Å². The molecule has 6 nitrogen and oxygen atoms in total. The maximum absolute atomic E-state index is 12.5. The molecule has 0 bridgehead atoms. The van der Waals surface area contributed by atoms with Gasteiger partial charge in [0.05, 0.1) is 25.4 Å². The van der Waals surface area contributed by atoms with Crippen molar-refractivity contribution in [1.29, 1.82) is 0 Å². The number of esters is 1. The Kier molecular flexibility index (Phi) is 53.0. The summed E-state index contributed by atoms with van der Waals surface area (Å²) in [6.45, 7) is 4.93. The van der Waals surface area contributed by atoms with E-state index in [2.05, 4.69) is 31.3 Å². The van der Waals surface area contributed by atoms with E-state index in [9.17, 15) is 19.8 Å². The van der Waals surface area contributed by atoms with Crippen molar-refractivity contribution < 1.29 is 24.5 Å². The third-order valence-electron chi connectivity index (χ3n) is 13.6. The van der Waals surface area contributed by atoms with Crippen LogP contribution in [0.15, 0.2) is 12.2 Å². The number of aliphatic hydroxyl groups is 2. The number of hydrogen-bond acceptors (Lipinski definition) is 5. The molecule has 0 aromatic heterocycles. The lowest BCUT2D eigenvalue weighted by atomic mass is 10.0. The predicted molar refractivity (Wildman–Crippen MR) is 278 cm³/mol. The lowest BCUT2D eigenvalue weighted by molar-refractivity contribution is -0.143. The molecule has 0 aromatic rings. The first kappa shape index (κ1) is 62.6. The van der Waals surface area contributed by atoms with Crippen molar-refractivity contribution in [2.24, 2.45) is 0 Å². The lowest BCUT2D eigenvalue weighted by Gasteiger charge is -2.22. The molecule has 2 unspecified atom stereocenters. The Morgan fingerprint density at radius 2 is 0.734 bits per heavy atom. The quantitative estimate of drug-likeness (QED) is 0.0321. The van der Waals surface area contributed by atoms with Crippen LogP contribution in [0.4, 0.5) is 0 Å².